The van der Waals surface area contributed by atoms with Gasteiger partial charge in [-0.3, -0.25) is 5.84 Å². The Kier molecular flexibility index (Phi) is 3.52. The largest absolute Gasteiger partial charge is 0.496 e. The molecule has 12 heavy (non-hydrogen) atoms. The number of hydrogen-bond donors (Lipinski definition) is 2. The van der Waals surface area contributed by atoms with Crippen molar-refractivity contribution >= 4 is 0 Å². The van der Waals surface area contributed by atoms with Crippen LogP contribution in [0, 0.1) is 0 Å². The summed E-state index contributed by atoms with van der Waals surface area (Å²) < 4.78 is 5.40. The lowest BCUT2D eigenvalue weighted by Crippen LogP contribution is -2.43. The van der Waals surface area contributed by atoms with E-state index in [0.29, 0.717) is 0 Å². The first-order valence-corrected chi connectivity index (χ1v) is 4.17. The molecule has 1 heterocycles. The molecule has 0 radical (unpaired) electrons. The van der Waals surface area contributed by atoms with Crippen molar-refractivity contribution in [3.8, 4) is 0 Å². The molecule has 0 saturated carbocycles. The number of hydrazine groups is 1. The predicted molar refractivity (Wildman–Crippen MR) is 48.3 cm³/mol. The molecule has 3 N–H and O–H groups in total. The monoisotopic (exact) mass is 171 g/mol. The fraction of sp³-hybridized carbons (Fsp3) is 0.750. The lowest BCUT2D eigenvalue weighted by atomic mass is 10.2. The van der Waals surface area contributed by atoms with E-state index in [2.05, 4.69) is 16.4 Å². The molecule has 0 fully saturated rings. The smallest absolute Gasteiger partial charge is 0.112 e. The molecule has 0 aromatic heterocycles. The number of rotatable bonds is 4. The summed E-state index contributed by atoms with van der Waals surface area (Å²) in [5.74, 6) is 6.38. The Morgan fingerprint density at radius 2 is 2.50 bits per heavy atom. The standard InChI is InChI=1S/C8H17N3O/c1-11(2)6-7(10-9)8-4-3-5-12-8/h4,7,10H,3,5-6,9H2,1-2H3. The van der Waals surface area contributed by atoms with E-state index in [0.717, 1.165) is 25.3 Å². The van der Waals surface area contributed by atoms with Crippen LogP contribution in [-0.4, -0.2) is 38.2 Å². The van der Waals surface area contributed by atoms with Crippen LogP contribution in [0.15, 0.2) is 11.8 Å². The molecule has 1 aliphatic rings. The Hall–Kier alpha value is -0.580. The molecule has 0 saturated heterocycles. The Labute approximate surface area is 73.3 Å². The van der Waals surface area contributed by atoms with Crippen LogP contribution in [0.4, 0.5) is 0 Å². The molecule has 4 heteroatoms. The first-order valence-electron chi connectivity index (χ1n) is 4.17. The third-order valence-corrected chi connectivity index (χ3v) is 1.82. The van der Waals surface area contributed by atoms with Crippen molar-refractivity contribution < 1.29 is 4.74 Å². The van der Waals surface area contributed by atoms with E-state index < -0.39 is 0 Å². The average Bonchev–Trinajstić information content (AvgIpc) is 2.51. The fourth-order valence-electron chi connectivity index (χ4n) is 1.27. The Morgan fingerprint density at radius 3 is 2.92 bits per heavy atom. The van der Waals surface area contributed by atoms with Crippen molar-refractivity contribution in [2.45, 2.75) is 12.5 Å². The quantitative estimate of drug-likeness (QED) is 0.450. The van der Waals surface area contributed by atoms with E-state index in [1.54, 1.807) is 0 Å². The van der Waals surface area contributed by atoms with E-state index in [1.165, 1.54) is 0 Å². The van der Waals surface area contributed by atoms with Crippen molar-refractivity contribution in [1.82, 2.24) is 10.3 Å². The van der Waals surface area contributed by atoms with Crippen LogP contribution in [0.25, 0.3) is 0 Å². The Bertz CT molecular complexity index is 168. The second kappa shape index (κ2) is 4.45. The van der Waals surface area contributed by atoms with Crippen molar-refractivity contribution in [3.63, 3.8) is 0 Å². The summed E-state index contributed by atoms with van der Waals surface area (Å²) >= 11 is 0. The molecule has 0 spiro atoms. The van der Waals surface area contributed by atoms with Gasteiger partial charge in [0.25, 0.3) is 0 Å². The van der Waals surface area contributed by atoms with Crippen molar-refractivity contribution in [1.29, 1.82) is 0 Å². The van der Waals surface area contributed by atoms with E-state index >= 15 is 0 Å². The summed E-state index contributed by atoms with van der Waals surface area (Å²) in [5, 5.41) is 0. The van der Waals surface area contributed by atoms with Crippen LogP contribution in [0.2, 0.25) is 0 Å². The van der Waals surface area contributed by atoms with Crippen LogP contribution < -0.4 is 11.3 Å². The number of nitrogens with zero attached hydrogens (tertiary/aromatic N) is 1. The van der Waals surface area contributed by atoms with Gasteiger partial charge < -0.3 is 9.64 Å². The van der Waals surface area contributed by atoms with E-state index in [1.807, 2.05) is 14.1 Å². The highest BCUT2D eigenvalue weighted by Crippen LogP contribution is 2.13. The highest BCUT2D eigenvalue weighted by molar-refractivity contribution is 5.07. The van der Waals surface area contributed by atoms with Crippen LogP contribution in [0.5, 0.6) is 0 Å². The molecular formula is C8H17N3O. The van der Waals surface area contributed by atoms with Gasteiger partial charge in [0.2, 0.25) is 0 Å². The molecule has 70 valence electrons. The minimum absolute atomic E-state index is 0.127. The van der Waals surface area contributed by atoms with Crippen LogP contribution in [0.1, 0.15) is 6.42 Å². The van der Waals surface area contributed by atoms with Gasteiger partial charge >= 0.3 is 0 Å². The number of ether oxygens (including phenoxy) is 1. The molecule has 0 aromatic carbocycles. The summed E-state index contributed by atoms with van der Waals surface area (Å²) in [6.45, 7) is 1.66. The van der Waals surface area contributed by atoms with Gasteiger partial charge in [0.15, 0.2) is 0 Å². The molecule has 1 aliphatic heterocycles. The number of nitrogens with two attached hydrogens (primary N) is 1. The van der Waals surface area contributed by atoms with Crippen LogP contribution >= 0.6 is 0 Å². The van der Waals surface area contributed by atoms with Crippen molar-refractivity contribution in [3.05, 3.63) is 11.8 Å². The van der Waals surface area contributed by atoms with Crippen LogP contribution in [-0.2, 0) is 4.74 Å². The maximum Gasteiger partial charge on any atom is 0.112 e. The zero-order valence-electron chi connectivity index (χ0n) is 7.71. The summed E-state index contributed by atoms with van der Waals surface area (Å²) in [7, 11) is 4.03. The molecule has 0 bridgehead atoms. The molecule has 0 aliphatic carbocycles. The zero-order chi connectivity index (χ0) is 8.97. The number of nitrogens with one attached hydrogen (secondary N) is 1. The van der Waals surface area contributed by atoms with Gasteiger partial charge in [-0.05, 0) is 20.2 Å². The second-order valence-electron chi connectivity index (χ2n) is 3.23. The summed E-state index contributed by atoms with van der Waals surface area (Å²) in [6, 6.07) is 0.127. The first-order chi connectivity index (χ1) is 5.74. The molecule has 0 aromatic rings. The molecule has 1 rings (SSSR count). The van der Waals surface area contributed by atoms with Gasteiger partial charge in [-0.1, -0.05) is 0 Å². The molecular weight excluding hydrogens is 154 g/mol. The van der Waals surface area contributed by atoms with Gasteiger partial charge in [-0.15, -0.1) is 0 Å². The molecule has 0 amide bonds. The van der Waals surface area contributed by atoms with Crippen LogP contribution in [0.3, 0.4) is 0 Å². The van der Waals surface area contributed by atoms with Gasteiger partial charge in [0.1, 0.15) is 5.76 Å². The van der Waals surface area contributed by atoms with E-state index in [9.17, 15) is 0 Å². The maximum atomic E-state index is 5.40. The third kappa shape index (κ3) is 2.48. The Morgan fingerprint density at radius 1 is 1.75 bits per heavy atom. The lowest BCUT2D eigenvalue weighted by molar-refractivity contribution is 0.200. The molecule has 4 nitrogen and oxygen atoms in total. The normalized spacial score (nSPS) is 19.2. The minimum atomic E-state index is 0.127. The van der Waals surface area contributed by atoms with Gasteiger partial charge in [0.05, 0.1) is 12.6 Å². The molecule has 1 unspecified atom stereocenters. The van der Waals surface area contributed by atoms with Crippen molar-refractivity contribution in [2.24, 2.45) is 5.84 Å². The highest BCUT2D eigenvalue weighted by Gasteiger charge is 2.17. The third-order valence-electron chi connectivity index (χ3n) is 1.82. The number of likely N-dealkylation sites (N-methyl/N-ethyl adjacent to an activating group) is 1. The predicted octanol–water partition coefficient (Wildman–Crippen LogP) is -0.316. The van der Waals surface area contributed by atoms with E-state index in [4.69, 9.17) is 10.6 Å². The van der Waals surface area contributed by atoms with E-state index in [-0.39, 0.29) is 6.04 Å². The van der Waals surface area contributed by atoms with Gasteiger partial charge in [-0.25, -0.2) is 5.43 Å². The number of hydrogen-bond acceptors (Lipinski definition) is 4. The topological polar surface area (TPSA) is 50.5 Å². The average molecular weight is 171 g/mol. The maximum absolute atomic E-state index is 5.40. The van der Waals surface area contributed by atoms with Crippen molar-refractivity contribution in [2.75, 3.05) is 27.2 Å². The molecule has 1 atom stereocenters. The lowest BCUT2D eigenvalue weighted by Gasteiger charge is -2.20. The SMILES string of the molecule is CN(C)CC(NN)C1=CCCO1. The van der Waals surface area contributed by atoms with Gasteiger partial charge in [0, 0.05) is 13.0 Å². The summed E-state index contributed by atoms with van der Waals surface area (Å²) in [5.41, 5.74) is 2.74. The fourth-order valence-corrected chi connectivity index (χ4v) is 1.27. The van der Waals surface area contributed by atoms with Gasteiger partial charge in [-0.2, -0.15) is 0 Å². The zero-order valence-corrected chi connectivity index (χ0v) is 7.71. The first kappa shape index (κ1) is 9.51. The summed E-state index contributed by atoms with van der Waals surface area (Å²) in [6.07, 6.45) is 3.09. The summed E-state index contributed by atoms with van der Waals surface area (Å²) in [4.78, 5) is 2.08. The Balaban J connectivity index is 2.43. The minimum Gasteiger partial charge on any atom is -0.496 e. The highest BCUT2D eigenvalue weighted by atomic mass is 16.5. The second-order valence-corrected chi connectivity index (χ2v) is 3.23.